The van der Waals surface area contributed by atoms with Crippen LogP contribution in [0.2, 0.25) is 0 Å². The molecule has 1 aliphatic heterocycles. The van der Waals surface area contributed by atoms with Crippen molar-refractivity contribution in [3.05, 3.63) is 91.3 Å². The van der Waals surface area contributed by atoms with Gasteiger partial charge in [-0.2, -0.15) is 0 Å². The molecule has 0 fully saturated rings. The summed E-state index contributed by atoms with van der Waals surface area (Å²) in [6.07, 6.45) is 0. The molecule has 0 spiro atoms. The Labute approximate surface area is 141 Å². The maximum atomic E-state index is 13.3. The largest absolute Gasteiger partial charge is 0.456 e. The van der Waals surface area contributed by atoms with Crippen molar-refractivity contribution in [2.75, 3.05) is 0 Å². The van der Waals surface area contributed by atoms with Gasteiger partial charge in [0.05, 0.1) is 17.0 Å². The van der Waals surface area contributed by atoms with Gasteiger partial charge in [0, 0.05) is 12.1 Å². The molecular formula is C19H13FO5. The van der Waals surface area contributed by atoms with Crippen molar-refractivity contribution in [3.8, 4) is 11.5 Å². The Balaban J connectivity index is 2.07. The van der Waals surface area contributed by atoms with E-state index in [4.69, 9.17) is 13.6 Å². The molecule has 4 rings (SSSR count). The number of hydrogen-bond donors (Lipinski definition) is 0. The highest BCUT2D eigenvalue weighted by Gasteiger charge is 2.35. The molecule has 0 aliphatic carbocycles. The van der Waals surface area contributed by atoms with Crippen LogP contribution in [-0.4, -0.2) is 0 Å². The molecule has 0 saturated carbocycles. The smallest absolute Gasteiger partial charge is 0.343 e. The summed E-state index contributed by atoms with van der Waals surface area (Å²) < 4.78 is 29.5. The predicted octanol–water partition coefficient (Wildman–Crippen LogP) is 3.63. The summed E-state index contributed by atoms with van der Waals surface area (Å²) in [6.45, 7) is 3.27. The molecule has 126 valence electrons. The van der Waals surface area contributed by atoms with E-state index in [-0.39, 0.29) is 11.1 Å². The van der Waals surface area contributed by atoms with Gasteiger partial charge in [0.25, 0.3) is 0 Å². The third-order valence-electron chi connectivity index (χ3n) is 4.15. The quantitative estimate of drug-likeness (QED) is 0.529. The van der Waals surface area contributed by atoms with E-state index in [1.165, 1.54) is 24.3 Å². The average Bonchev–Trinajstić information content (AvgIpc) is 2.53. The molecule has 0 amide bonds. The molecule has 0 bridgehead atoms. The Hall–Kier alpha value is -3.15. The molecule has 0 unspecified atom stereocenters. The lowest BCUT2D eigenvalue weighted by atomic mass is 9.84. The molecule has 6 heteroatoms. The number of rotatable bonds is 1. The first-order valence-electron chi connectivity index (χ1n) is 7.66. The standard InChI is InChI=1S/C19H13FO5/c1-9-7-13-16(18(21)23-9)15(11-3-5-12(20)6-4-11)17-14(25-13)8-10(2)24-19(17)22/h3-8,15H,1-2H3. The van der Waals surface area contributed by atoms with Gasteiger partial charge in [0.1, 0.15) is 28.8 Å². The summed E-state index contributed by atoms with van der Waals surface area (Å²) in [5.74, 6) is 0.256. The number of fused-ring (bicyclic) bond motifs is 2. The van der Waals surface area contributed by atoms with Crippen molar-refractivity contribution in [1.29, 1.82) is 0 Å². The first kappa shape index (κ1) is 15.4. The van der Waals surface area contributed by atoms with Gasteiger partial charge in [-0.3, -0.25) is 0 Å². The van der Waals surface area contributed by atoms with Crippen molar-refractivity contribution in [1.82, 2.24) is 0 Å². The van der Waals surface area contributed by atoms with Crippen LogP contribution >= 0.6 is 0 Å². The summed E-state index contributed by atoms with van der Waals surface area (Å²) in [7, 11) is 0. The topological polar surface area (TPSA) is 69.7 Å². The Kier molecular flexibility index (Phi) is 3.35. The second-order valence-electron chi connectivity index (χ2n) is 5.93. The normalized spacial score (nSPS) is 13.1. The van der Waals surface area contributed by atoms with Gasteiger partial charge in [-0.05, 0) is 31.5 Å². The lowest BCUT2D eigenvalue weighted by molar-refractivity contribution is 0.389. The van der Waals surface area contributed by atoms with Gasteiger partial charge >= 0.3 is 11.3 Å². The minimum absolute atomic E-state index is 0.195. The zero-order valence-electron chi connectivity index (χ0n) is 13.5. The fraction of sp³-hybridized carbons (Fsp3) is 0.158. The van der Waals surface area contributed by atoms with Gasteiger partial charge in [0.15, 0.2) is 0 Å². The fourth-order valence-corrected chi connectivity index (χ4v) is 3.13. The van der Waals surface area contributed by atoms with Crippen LogP contribution in [0.1, 0.15) is 34.1 Å². The minimum atomic E-state index is -0.756. The van der Waals surface area contributed by atoms with Crippen LogP contribution in [-0.2, 0) is 0 Å². The summed E-state index contributed by atoms with van der Waals surface area (Å²) in [5.41, 5.74) is -0.244. The lowest BCUT2D eigenvalue weighted by Crippen LogP contribution is -2.26. The van der Waals surface area contributed by atoms with Crippen LogP contribution < -0.4 is 16.0 Å². The molecule has 3 aromatic rings. The number of benzene rings is 1. The summed E-state index contributed by atoms with van der Waals surface area (Å²) >= 11 is 0. The van der Waals surface area contributed by atoms with Crippen LogP contribution in [0.5, 0.6) is 11.5 Å². The van der Waals surface area contributed by atoms with Gasteiger partial charge in [0.2, 0.25) is 0 Å². The van der Waals surface area contributed by atoms with Crippen molar-refractivity contribution >= 4 is 0 Å². The second kappa shape index (κ2) is 5.44. The Morgan fingerprint density at radius 1 is 0.840 bits per heavy atom. The Bertz CT molecular complexity index is 1030. The molecule has 2 aromatic heterocycles. The molecule has 0 radical (unpaired) electrons. The SMILES string of the molecule is Cc1cc2c(c(=O)o1)C(c1ccc(F)cc1)c1c(cc(C)oc1=O)O2. The number of hydrogen-bond acceptors (Lipinski definition) is 5. The van der Waals surface area contributed by atoms with Crippen LogP contribution in [0.4, 0.5) is 4.39 Å². The number of aryl methyl sites for hydroxylation is 2. The second-order valence-corrected chi connectivity index (χ2v) is 5.93. The van der Waals surface area contributed by atoms with Crippen molar-refractivity contribution in [3.63, 3.8) is 0 Å². The first-order chi connectivity index (χ1) is 11.9. The predicted molar refractivity (Wildman–Crippen MR) is 86.8 cm³/mol. The Morgan fingerprint density at radius 3 is 1.80 bits per heavy atom. The third kappa shape index (κ3) is 2.46. The summed E-state index contributed by atoms with van der Waals surface area (Å²) in [6, 6.07) is 8.79. The van der Waals surface area contributed by atoms with E-state index in [0.29, 0.717) is 28.6 Å². The van der Waals surface area contributed by atoms with Crippen LogP contribution in [0, 0.1) is 19.7 Å². The summed E-state index contributed by atoms with van der Waals surface area (Å²) in [5, 5.41) is 0. The van der Waals surface area contributed by atoms with E-state index in [9.17, 15) is 14.0 Å². The maximum Gasteiger partial charge on any atom is 0.343 e. The zero-order chi connectivity index (χ0) is 17.7. The zero-order valence-corrected chi connectivity index (χ0v) is 13.5. The first-order valence-corrected chi connectivity index (χ1v) is 7.66. The molecule has 0 N–H and O–H groups in total. The average molecular weight is 340 g/mol. The molecular weight excluding hydrogens is 327 g/mol. The highest BCUT2D eigenvalue weighted by molar-refractivity contribution is 5.56. The third-order valence-corrected chi connectivity index (χ3v) is 4.15. The van der Waals surface area contributed by atoms with Crippen LogP contribution in [0.25, 0.3) is 0 Å². The van der Waals surface area contributed by atoms with E-state index in [1.54, 1.807) is 26.0 Å². The van der Waals surface area contributed by atoms with E-state index in [2.05, 4.69) is 0 Å². The van der Waals surface area contributed by atoms with Crippen molar-refractivity contribution in [2.45, 2.75) is 19.8 Å². The highest BCUT2D eigenvalue weighted by Crippen LogP contribution is 2.44. The highest BCUT2D eigenvalue weighted by atomic mass is 19.1. The number of ether oxygens (including phenoxy) is 1. The minimum Gasteiger partial charge on any atom is -0.456 e. The molecule has 1 aromatic carbocycles. The van der Waals surface area contributed by atoms with Gasteiger partial charge in [-0.15, -0.1) is 0 Å². The van der Waals surface area contributed by atoms with Crippen molar-refractivity contribution < 1.29 is 18.0 Å². The molecule has 0 atom stereocenters. The van der Waals surface area contributed by atoms with E-state index in [1.807, 2.05) is 0 Å². The van der Waals surface area contributed by atoms with Crippen LogP contribution in [0.15, 0.2) is 54.8 Å². The monoisotopic (exact) mass is 340 g/mol. The van der Waals surface area contributed by atoms with E-state index < -0.39 is 23.0 Å². The fourth-order valence-electron chi connectivity index (χ4n) is 3.13. The van der Waals surface area contributed by atoms with E-state index in [0.717, 1.165) is 0 Å². The molecule has 1 aliphatic rings. The molecule has 3 heterocycles. The van der Waals surface area contributed by atoms with Gasteiger partial charge < -0.3 is 13.6 Å². The molecule has 25 heavy (non-hydrogen) atoms. The molecule has 5 nitrogen and oxygen atoms in total. The van der Waals surface area contributed by atoms with Crippen LogP contribution in [0.3, 0.4) is 0 Å². The van der Waals surface area contributed by atoms with Gasteiger partial charge in [-0.1, -0.05) is 12.1 Å². The van der Waals surface area contributed by atoms with E-state index >= 15 is 0 Å². The number of halogens is 1. The maximum absolute atomic E-state index is 13.3. The molecule has 0 saturated heterocycles. The Morgan fingerprint density at radius 2 is 1.32 bits per heavy atom. The van der Waals surface area contributed by atoms with Gasteiger partial charge in [-0.25, -0.2) is 14.0 Å². The summed E-state index contributed by atoms with van der Waals surface area (Å²) in [4.78, 5) is 24.9. The lowest BCUT2D eigenvalue weighted by Gasteiger charge is -2.26. The van der Waals surface area contributed by atoms with Crippen molar-refractivity contribution in [2.24, 2.45) is 0 Å².